The lowest BCUT2D eigenvalue weighted by Gasteiger charge is -2.22. The van der Waals surface area contributed by atoms with Gasteiger partial charge in [0.2, 0.25) is 0 Å². The zero-order valence-electron chi connectivity index (χ0n) is 19.3. The van der Waals surface area contributed by atoms with E-state index in [0.717, 1.165) is 0 Å². The highest BCUT2D eigenvalue weighted by atomic mass is 35.5. The summed E-state index contributed by atoms with van der Waals surface area (Å²) < 4.78 is 15.8. The van der Waals surface area contributed by atoms with Gasteiger partial charge in [-0.15, -0.1) is 0 Å². The lowest BCUT2D eigenvalue weighted by atomic mass is 10.0. The fraction of sp³-hybridized carbons (Fsp3) is 0.375. The topological polar surface area (TPSA) is 103 Å². The van der Waals surface area contributed by atoms with E-state index in [1.54, 1.807) is 42.5 Å². The van der Waals surface area contributed by atoms with Crippen LogP contribution < -0.4 is 20.1 Å². The predicted octanol–water partition coefficient (Wildman–Crippen LogP) is 4.07. The molecule has 2 atom stereocenters. The third-order valence-electron chi connectivity index (χ3n) is 4.72. The Morgan fingerprint density at radius 3 is 2.15 bits per heavy atom. The summed E-state index contributed by atoms with van der Waals surface area (Å²) >= 11 is 5.86. The maximum Gasteiger partial charge on any atom is 0.329 e. The average molecular weight is 477 g/mol. The molecular formula is C24H29ClN2O6. The molecule has 0 saturated heterocycles. The third kappa shape index (κ3) is 7.68. The van der Waals surface area contributed by atoms with Crippen LogP contribution in [0, 0.1) is 5.92 Å². The SMILES string of the molecule is COc1ccc(NC(=O)C(C)OC(=O)C(CC(C)C)NC(=O)c2ccc(Cl)cc2)cc1OC. The van der Waals surface area contributed by atoms with E-state index in [1.165, 1.54) is 21.1 Å². The molecular weight excluding hydrogens is 448 g/mol. The van der Waals surface area contributed by atoms with Crippen LogP contribution in [0.15, 0.2) is 42.5 Å². The summed E-state index contributed by atoms with van der Waals surface area (Å²) in [5.74, 6) is -0.589. The Labute approximate surface area is 198 Å². The minimum absolute atomic E-state index is 0.101. The number of anilines is 1. The molecule has 2 amide bonds. The summed E-state index contributed by atoms with van der Waals surface area (Å²) in [5, 5.41) is 5.86. The number of ether oxygens (including phenoxy) is 3. The van der Waals surface area contributed by atoms with Gasteiger partial charge in [-0.1, -0.05) is 25.4 Å². The number of carbonyl (C=O) groups excluding carboxylic acids is 3. The zero-order valence-corrected chi connectivity index (χ0v) is 20.1. The smallest absolute Gasteiger partial charge is 0.329 e. The van der Waals surface area contributed by atoms with E-state index in [1.807, 2.05) is 13.8 Å². The van der Waals surface area contributed by atoms with Crippen LogP contribution in [0.5, 0.6) is 11.5 Å². The number of hydrogen-bond acceptors (Lipinski definition) is 6. The third-order valence-corrected chi connectivity index (χ3v) is 4.97. The van der Waals surface area contributed by atoms with Crippen molar-refractivity contribution < 1.29 is 28.6 Å². The molecule has 2 aromatic rings. The Morgan fingerprint density at radius 1 is 0.939 bits per heavy atom. The van der Waals surface area contributed by atoms with E-state index in [9.17, 15) is 14.4 Å². The van der Waals surface area contributed by atoms with Crippen molar-refractivity contribution in [3.63, 3.8) is 0 Å². The quantitative estimate of drug-likeness (QED) is 0.501. The normalized spacial score (nSPS) is 12.5. The van der Waals surface area contributed by atoms with Crippen LogP contribution in [0.3, 0.4) is 0 Å². The summed E-state index contributed by atoms with van der Waals surface area (Å²) in [6, 6.07) is 10.3. The van der Waals surface area contributed by atoms with Gasteiger partial charge >= 0.3 is 5.97 Å². The number of methoxy groups -OCH3 is 2. The molecule has 2 unspecified atom stereocenters. The van der Waals surface area contributed by atoms with Crippen LogP contribution in [0.4, 0.5) is 5.69 Å². The molecule has 2 aromatic carbocycles. The molecule has 8 nitrogen and oxygen atoms in total. The molecule has 0 spiro atoms. The second kappa shape index (κ2) is 12.1. The van der Waals surface area contributed by atoms with Crippen LogP contribution in [0.1, 0.15) is 37.6 Å². The molecule has 0 heterocycles. The van der Waals surface area contributed by atoms with Crippen LogP contribution in [0.2, 0.25) is 5.02 Å². The van der Waals surface area contributed by atoms with Gasteiger partial charge in [0.1, 0.15) is 6.04 Å². The second-order valence-corrected chi connectivity index (χ2v) is 8.24. The van der Waals surface area contributed by atoms with Gasteiger partial charge in [0.05, 0.1) is 14.2 Å². The molecule has 2 N–H and O–H groups in total. The number of carbonyl (C=O) groups is 3. The molecule has 0 aliphatic carbocycles. The van der Waals surface area contributed by atoms with Gasteiger partial charge in [0.25, 0.3) is 11.8 Å². The first-order valence-corrected chi connectivity index (χ1v) is 10.8. The highest BCUT2D eigenvalue weighted by Crippen LogP contribution is 2.29. The maximum absolute atomic E-state index is 12.8. The average Bonchev–Trinajstić information content (AvgIpc) is 2.78. The van der Waals surface area contributed by atoms with Crippen molar-refractivity contribution in [2.45, 2.75) is 39.3 Å². The number of hydrogen-bond donors (Lipinski definition) is 2. The molecule has 178 valence electrons. The molecule has 0 saturated carbocycles. The lowest BCUT2D eigenvalue weighted by Crippen LogP contribution is -2.45. The molecule has 0 aliphatic heterocycles. The van der Waals surface area contributed by atoms with Gasteiger partial charge in [0, 0.05) is 22.3 Å². The number of halogens is 1. The summed E-state index contributed by atoms with van der Waals surface area (Å²) in [6.07, 6.45) is -0.741. The van der Waals surface area contributed by atoms with Crippen molar-refractivity contribution in [1.82, 2.24) is 5.32 Å². The van der Waals surface area contributed by atoms with Gasteiger partial charge in [0.15, 0.2) is 17.6 Å². The molecule has 33 heavy (non-hydrogen) atoms. The van der Waals surface area contributed by atoms with Crippen molar-refractivity contribution in [3.8, 4) is 11.5 Å². The minimum Gasteiger partial charge on any atom is -0.493 e. The number of nitrogens with one attached hydrogen (secondary N) is 2. The van der Waals surface area contributed by atoms with Gasteiger partial charge in [-0.3, -0.25) is 9.59 Å². The minimum atomic E-state index is -1.09. The van der Waals surface area contributed by atoms with Gasteiger partial charge < -0.3 is 24.8 Å². The summed E-state index contributed by atoms with van der Waals surface area (Å²) in [4.78, 5) is 37.9. The second-order valence-electron chi connectivity index (χ2n) is 7.80. The van der Waals surface area contributed by atoms with Crippen LogP contribution in [-0.2, 0) is 14.3 Å². The lowest BCUT2D eigenvalue weighted by molar-refractivity contribution is -0.155. The molecule has 0 aromatic heterocycles. The monoisotopic (exact) mass is 476 g/mol. The van der Waals surface area contributed by atoms with E-state index < -0.39 is 29.9 Å². The fourth-order valence-corrected chi connectivity index (χ4v) is 3.12. The van der Waals surface area contributed by atoms with E-state index in [0.29, 0.717) is 34.2 Å². The first-order valence-electron chi connectivity index (χ1n) is 10.4. The molecule has 9 heteroatoms. The number of rotatable bonds is 10. The summed E-state index contributed by atoms with van der Waals surface area (Å²) in [5.41, 5.74) is 0.815. The number of amides is 2. The fourth-order valence-electron chi connectivity index (χ4n) is 3.00. The predicted molar refractivity (Wildman–Crippen MR) is 126 cm³/mol. The molecule has 2 rings (SSSR count). The number of benzene rings is 2. The Hall–Kier alpha value is -3.26. The Bertz CT molecular complexity index is 977. The van der Waals surface area contributed by atoms with Gasteiger partial charge in [-0.2, -0.15) is 0 Å². The number of esters is 1. The summed E-state index contributed by atoms with van der Waals surface area (Å²) in [7, 11) is 3.00. The molecule has 0 fully saturated rings. The molecule has 0 aliphatic rings. The van der Waals surface area contributed by atoms with Crippen molar-refractivity contribution in [3.05, 3.63) is 53.1 Å². The Morgan fingerprint density at radius 2 is 1.58 bits per heavy atom. The van der Waals surface area contributed by atoms with E-state index in [2.05, 4.69) is 10.6 Å². The van der Waals surface area contributed by atoms with Crippen molar-refractivity contribution in [2.75, 3.05) is 19.5 Å². The first-order chi connectivity index (χ1) is 15.6. The van der Waals surface area contributed by atoms with Gasteiger partial charge in [-0.25, -0.2) is 4.79 Å². The van der Waals surface area contributed by atoms with E-state index >= 15 is 0 Å². The van der Waals surface area contributed by atoms with Crippen molar-refractivity contribution in [2.24, 2.45) is 5.92 Å². The molecule has 0 bridgehead atoms. The maximum atomic E-state index is 12.8. The largest absolute Gasteiger partial charge is 0.493 e. The zero-order chi connectivity index (χ0) is 24.5. The molecule has 0 radical (unpaired) electrons. The Kier molecular flexibility index (Phi) is 9.54. The Balaban J connectivity index is 2.04. The summed E-state index contributed by atoms with van der Waals surface area (Å²) in [6.45, 7) is 5.30. The van der Waals surface area contributed by atoms with Crippen molar-refractivity contribution in [1.29, 1.82) is 0 Å². The highest BCUT2D eigenvalue weighted by Gasteiger charge is 2.27. The van der Waals surface area contributed by atoms with Crippen LogP contribution >= 0.6 is 11.6 Å². The standard InChI is InChI=1S/C24H29ClN2O6/c1-14(2)12-19(27-23(29)16-6-8-17(25)9-7-16)24(30)33-15(3)22(28)26-18-10-11-20(31-4)21(13-18)32-5/h6-11,13-15,19H,12H2,1-5H3,(H,26,28)(H,27,29). The highest BCUT2D eigenvalue weighted by molar-refractivity contribution is 6.30. The van der Waals surface area contributed by atoms with E-state index in [-0.39, 0.29) is 5.92 Å². The van der Waals surface area contributed by atoms with Crippen LogP contribution in [-0.4, -0.2) is 44.1 Å². The van der Waals surface area contributed by atoms with E-state index in [4.69, 9.17) is 25.8 Å². The van der Waals surface area contributed by atoms with Gasteiger partial charge in [-0.05, 0) is 55.7 Å². The van der Waals surface area contributed by atoms with Crippen molar-refractivity contribution >= 4 is 35.1 Å². The first kappa shape index (κ1) is 26.0. The van der Waals surface area contributed by atoms with Crippen LogP contribution in [0.25, 0.3) is 0 Å².